The van der Waals surface area contributed by atoms with Gasteiger partial charge in [-0.2, -0.15) is 13.2 Å². The van der Waals surface area contributed by atoms with Crippen LogP contribution < -0.4 is 4.74 Å². The van der Waals surface area contributed by atoms with Crippen molar-refractivity contribution in [3.63, 3.8) is 0 Å². The van der Waals surface area contributed by atoms with Crippen LogP contribution in [0.15, 0.2) is 48.5 Å². The molecule has 2 aromatic rings. The molecular formula is C19H17ClF3NO3. The van der Waals surface area contributed by atoms with Crippen molar-refractivity contribution in [2.45, 2.75) is 24.8 Å². The highest BCUT2D eigenvalue weighted by molar-refractivity contribution is 6.30. The van der Waals surface area contributed by atoms with Crippen molar-refractivity contribution in [2.75, 3.05) is 13.1 Å². The minimum absolute atomic E-state index is 0.151. The molecule has 1 fully saturated rings. The lowest BCUT2D eigenvalue weighted by Crippen LogP contribution is -2.48. The van der Waals surface area contributed by atoms with Crippen molar-refractivity contribution in [1.82, 2.24) is 4.90 Å². The van der Waals surface area contributed by atoms with Crippen LogP contribution in [-0.2, 0) is 6.61 Å². The van der Waals surface area contributed by atoms with Gasteiger partial charge in [0.05, 0.1) is 12.1 Å². The number of para-hydroxylation sites is 1. The van der Waals surface area contributed by atoms with Gasteiger partial charge in [-0.3, -0.25) is 4.79 Å². The molecule has 0 aromatic heterocycles. The van der Waals surface area contributed by atoms with Crippen LogP contribution in [0, 0.1) is 0 Å². The summed E-state index contributed by atoms with van der Waals surface area (Å²) in [4.78, 5) is 13.7. The van der Waals surface area contributed by atoms with E-state index in [1.807, 2.05) is 0 Å². The number of benzene rings is 2. The Balaban J connectivity index is 1.74. The Morgan fingerprint density at radius 1 is 1.19 bits per heavy atom. The summed E-state index contributed by atoms with van der Waals surface area (Å²) in [5, 5.41) is 10.4. The molecule has 1 aliphatic rings. The van der Waals surface area contributed by atoms with Gasteiger partial charge in [0.25, 0.3) is 5.91 Å². The van der Waals surface area contributed by atoms with Gasteiger partial charge in [0.15, 0.2) is 5.60 Å². The minimum atomic E-state index is -4.79. The lowest BCUT2D eigenvalue weighted by molar-refractivity contribution is -0.253. The number of halogens is 4. The predicted octanol–water partition coefficient (Wildman–Crippen LogP) is 4.06. The van der Waals surface area contributed by atoms with E-state index in [0.29, 0.717) is 5.02 Å². The van der Waals surface area contributed by atoms with Crippen LogP contribution in [-0.4, -0.2) is 40.8 Å². The highest BCUT2D eigenvalue weighted by Crippen LogP contribution is 2.38. The smallest absolute Gasteiger partial charge is 0.419 e. The summed E-state index contributed by atoms with van der Waals surface area (Å²) in [6.07, 6.45) is -5.33. The van der Waals surface area contributed by atoms with Gasteiger partial charge in [0.1, 0.15) is 12.4 Å². The fourth-order valence-electron chi connectivity index (χ4n) is 2.88. The van der Waals surface area contributed by atoms with E-state index in [2.05, 4.69) is 0 Å². The van der Waals surface area contributed by atoms with Crippen molar-refractivity contribution in [3.05, 3.63) is 64.7 Å². The van der Waals surface area contributed by atoms with Crippen LogP contribution in [0.5, 0.6) is 5.75 Å². The first kappa shape index (κ1) is 19.5. The van der Waals surface area contributed by atoms with Crippen LogP contribution in [0.1, 0.15) is 22.3 Å². The van der Waals surface area contributed by atoms with Crippen LogP contribution in [0.4, 0.5) is 13.2 Å². The summed E-state index contributed by atoms with van der Waals surface area (Å²) >= 11 is 5.83. The Morgan fingerprint density at radius 2 is 1.85 bits per heavy atom. The van der Waals surface area contributed by atoms with E-state index in [0.717, 1.165) is 10.5 Å². The number of alkyl halides is 3. The first-order chi connectivity index (χ1) is 12.7. The van der Waals surface area contributed by atoms with Gasteiger partial charge >= 0.3 is 6.18 Å². The number of nitrogens with zero attached hydrogens (tertiary/aromatic N) is 1. The van der Waals surface area contributed by atoms with Crippen molar-refractivity contribution < 1.29 is 27.8 Å². The van der Waals surface area contributed by atoms with Gasteiger partial charge in [-0.1, -0.05) is 35.9 Å². The molecule has 8 heteroatoms. The van der Waals surface area contributed by atoms with Gasteiger partial charge in [-0.25, -0.2) is 0 Å². The van der Waals surface area contributed by atoms with Crippen molar-refractivity contribution in [3.8, 4) is 5.75 Å². The molecule has 3 rings (SSSR count). The van der Waals surface area contributed by atoms with Crippen LogP contribution in [0.25, 0.3) is 0 Å². The molecule has 1 unspecified atom stereocenters. The summed E-state index contributed by atoms with van der Waals surface area (Å²) in [5.74, 6) is -0.346. The summed E-state index contributed by atoms with van der Waals surface area (Å²) < 4.78 is 44.6. The van der Waals surface area contributed by atoms with E-state index in [9.17, 15) is 23.1 Å². The van der Waals surface area contributed by atoms with E-state index in [1.54, 1.807) is 42.5 Å². The molecule has 0 saturated carbocycles. The SMILES string of the molecule is O=C(c1ccccc1OCc1ccc(Cl)cc1)N1CCC(O)(C(F)(F)F)C1. The molecule has 1 N–H and O–H groups in total. The lowest BCUT2D eigenvalue weighted by Gasteiger charge is -2.26. The molecule has 1 aliphatic heterocycles. The van der Waals surface area contributed by atoms with Gasteiger partial charge < -0.3 is 14.7 Å². The molecule has 0 aliphatic carbocycles. The van der Waals surface area contributed by atoms with Crippen molar-refractivity contribution in [1.29, 1.82) is 0 Å². The number of aliphatic hydroxyl groups is 1. The fraction of sp³-hybridized carbons (Fsp3) is 0.316. The standard InChI is InChI=1S/C19H17ClF3NO3/c20-14-7-5-13(6-8-14)11-27-16-4-2-1-3-15(16)17(25)24-10-9-18(26,12-24)19(21,22)23/h1-8,26H,9-12H2. The Morgan fingerprint density at radius 3 is 2.48 bits per heavy atom. The molecule has 1 heterocycles. The van der Waals surface area contributed by atoms with E-state index >= 15 is 0 Å². The Labute approximate surface area is 159 Å². The summed E-state index contributed by atoms with van der Waals surface area (Å²) in [5.41, 5.74) is -1.89. The van der Waals surface area contributed by atoms with Crippen LogP contribution in [0.3, 0.4) is 0 Å². The zero-order chi connectivity index (χ0) is 19.7. The quantitative estimate of drug-likeness (QED) is 0.843. The molecular weight excluding hydrogens is 383 g/mol. The van der Waals surface area contributed by atoms with E-state index in [4.69, 9.17) is 16.3 Å². The van der Waals surface area contributed by atoms with E-state index in [1.165, 1.54) is 6.07 Å². The zero-order valence-electron chi connectivity index (χ0n) is 14.2. The first-order valence-electron chi connectivity index (χ1n) is 8.24. The molecule has 1 atom stereocenters. The number of likely N-dealkylation sites (tertiary alicyclic amines) is 1. The maximum atomic E-state index is 13.0. The van der Waals surface area contributed by atoms with Gasteiger partial charge in [-0.05, 0) is 29.8 Å². The normalized spacial score (nSPS) is 20.0. The average Bonchev–Trinajstić information content (AvgIpc) is 3.04. The summed E-state index contributed by atoms with van der Waals surface area (Å²) in [7, 11) is 0. The highest BCUT2D eigenvalue weighted by Gasteiger charge is 2.57. The molecule has 0 bridgehead atoms. The molecule has 2 aromatic carbocycles. The third kappa shape index (κ3) is 4.20. The minimum Gasteiger partial charge on any atom is -0.488 e. The number of carbonyl (C=O) groups excluding carboxylic acids is 1. The third-order valence-electron chi connectivity index (χ3n) is 4.49. The first-order valence-corrected chi connectivity index (χ1v) is 8.62. The Hall–Kier alpha value is -2.25. The summed E-state index contributed by atoms with van der Waals surface area (Å²) in [6, 6.07) is 13.3. The number of β-amino-alcohol motifs (C(OH)–C–C–N with tert-alkyl or cyclic N) is 1. The second-order valence-corrected chi connectivity index (χ2v) is 6.85. The maximum Gasteiger partial charge on any atom is 0.419 e. The molecule has 0 spiro atoms. The fourth-order valence-corrected chi connectivity index (χ4v) is 3.01. The topological polar surface area (TPSA) is 49.8 Å². The van der Waals surface area contributed by atoms with E-state index in [-0.39, 0.29) is 24.5 Å². The maximum absolute atomic E-state index is 13.0. The molecule has 144 valence electrons. The number of carbonyl (C=O) groups is 1. The number of hydrogen-bond acceptors (Lipinski definition) is 3. The molecule has 4 nitrogen and oxygen atoms in total. The van der Waals surface area contributed by atoms with Gasteiger partial charge in [0.2, 0.25) is 0 Å². The third-order valence-corrected chi connectivity index (χ3v) is 4.74. The number of rotatable bonds is 4. The number of amides is 1. The van der Waals surface area contributed by atoms with E-state index < -0.39 is 30.7 Å². The average molecular weight is 400 g/mol. The van der Waals surface area contributed by atoms with Crippen LogP contribution >= 0.6 is 11.6 Å². The monoisotopic (exact) mass is 399 g/mol. The largest absolute Gasteiger partial charge is 0.488 e. The lowest BCUT2D eigenvalue weighted by atomic mass is 10.0. The second kappa shape index (κ2) is 7.40. The Bertz CT molecular complexity index is 826. The molecule has 1 saturated heterocycles. The molecule has 27 heavy (non-hydrogen) atoms. The molecule has 0 radical (unpaired) electrons. The second-order valence-electron chi connectivity index (χ2n) is 6.42. The summed E-state index contributed by atoms with van der Waals surface area (Å²) in [6.45, 7) is -0.796. The van der Waals surface area contributed by atoms with Crippen molar-refractivity contribution >= 4 is 17.5 Å². The van der Waals surface area contributed by atoms with Gasteiger partial charge in [0, 0.05) is 18.0 Å². The number of ether oxygens (including phenoxy) is 1. The zero-order valence-corrected chi connectivity index (χ0v) is 14.9. The molecule has 1 amide bonds. The highest BCUT2D eigenvalue weighted by atomic mass is 35.5. The Kier molecular flexibility index (Phi) is 5.35. The van der Waals surface area contributed by atoms with Crippen LogP contribution in [0.2, 0.25) is 5.02 Å². The van der Waals surface area contributed by atoms with Gasteiger partial charge in [-0.15, -0.1) is 0 Å². The predicted molar refractivity (Wildman–Crippen MR) is 93.8 cm³/mol. The van der Waals surface area contributed by atoms with Crippen molar-refractivity contribution in [2.24, 2.45) is 0 Å². The number of hydrogen-bond donors (Lipinski definition) is 1.